The summed E-state index contributed by atoms with van der Waals surface area (Å²) in [5, 5.41) is 3.42. The van der Waals surface area contributed by atoms with Gasteiger partial charge >= 0.3 is 0 Å². The lowest BCUT2D eigenvalue weighted by molar-refractivity contribution is 0.595. The number of rotatable bonds is 1. The molecule has 3 rings (SSSR count). The van der Waals surface area contributed by atoms with Gasteiger partial charge in [0.05, 0.1) is 6.04 Å². The molecule has 0 fully saturated rings. The Morgan fingerprint density at radius 3 is 2.61 bits per heavy atom. The van der Waals surface area contributed by atoms with Crippen LogP contribution in [0.25, 0.3) is 0 Å². The van der Waals surface area contributed by atoms with Crippen LogP contribution in [-0.2, 0) is 6.42 Å². The molecule has 0 saturated carbocycles. The number of hydrogen-bond donors (Lipinski definition) is 1. The molecule has 1 atom stereocenters. The van der Waals surface area contributed by atoms with Crippen molar-refractivity contribution in [3.05, 3.63) is 64.5 Å². The third-order valence-corrected chi connectivity index (χ3v) is 3.75. The molecule has 1 nitrogen and oxygen atoms in total. The minimum atomic E-state index is -0.128. The van der Waals surface area contributed by atoms with Gasteiger partial charge in [-0.25, -0.2) is 4.39 Å². The predicted molar refractivity (Wildman–Crippen MR) is 72.4 cm³/mol. The molecule has 2 aromatic carbocycles. The van der Waals surface area contributed by atoms with Gasteiger partial charge in [0, 0.05) is 11.3 Å². The van der Waals surface area contributed by atoms with Crippen LogP contribution in [0.5, 0.6) is 0 Å². The average Bonchev–Trinajstić information content (AvgIpc) is 2.73. The van der Waals surface area contributed by atoms with E-state index in [0.29, 0.717) is 0 Å². The Labute approximate surface area is 107 Å². The summed E-state index contributed by atoms with van der Waals surface area (Å²) in [4.78, 5) is 0. The smallest absolute Gasteiger partial charge is 0.128 e. The number of nitrogens with one attached hydrogen (secondary N) is 1. The van der Waals surface area contributed by atoms with Crippen LogP contribution < -0.4 is 5.32 Å². The largest absolute Gasteiger partial charge is 0.378 e. The maximum atomic E-state index is 13.8. The maximum absolute atomic E-state index is 13.8. The number of hydrogen-bond acceptors (Lipinski definition) is 1. The van der Waals surface area contributed by atoms with Gasteiger partial charge in [-0.05, 0) is 49.1 Å². The molecule has 92 valence electrons. The van der Waals surface area contributed by atoms with E-state index in [1.165, 1.54) is 22.8 Å². The van der Waals surface area contributed by atoms with Gasteiger partial charge in [0.2, 0.25) is 0 Å². The molecule has 2 heteroatoms. The van der Waals surface area contributed by atoms with Gasteiger partial charge in [-0.2, -0.15) is 0 Å². The van der Waals surface area contributed by atoms with Crippen molar-refractivity contribution in [2.24, 2.45) is 0 Å². The lowest BCUT2D eigenvalue weighted by atomic mass is 10.00. The molecule has 2 aromatic rings. The fraction of sp³-hybridized carbons (Fsp3) is 0.250. The molecule has 0 aromatic heterocycles. The molecule has 18 heavy (non-hydrogen) atoms. The summed E-state index contributed by atoms with van der Waals surface area (Å²) < 4.78 is 13.8. The predicted octanol–water partition coefficient (Wildman–Crippen LogP) is 4.15. The molecule has 0 aliphatic carbocycles. The van der Waals surface area contributed by atoms with Crippen molar-refractivity contribution in [1.29, 1.82) is 0 Å². The van der Waals surface area contributed by atoms with Crippen LogP contribution in [0.4, 0.5) is 10.1 Å². The fourth-order valence-electron chi connectivity index (χ4n) is 2.58. The van der Waals surface area contributed by atoms with Crippen molar-refractivity contribution in [2.45, 2.75) is 26.3 Å². The van der Waals surface area contributed by atoms with Gasteiger partial charge < -0.3 is 5.32 Å². The molecule has 0 bridgehead atoms. The lowest BCUT2D eigenvalue weighted by Gasteiger charge is -2.12. The Kier molecular flexibility index (Phi) is 2.58. The summed E-state index contributed by atoms with van der Waals surface area (Å²) in [5.41, 5.74) is 5.75. The normalized spacial score (nSPS) is 17.4. The highest BCUT2D eigenvalue weighted by atomic mass is 19.1. The first kappa shape index (κ1) is 11.3. The molecule has 0 spiro atoms. The molecular weight excluding hydrogens is 225 g/mol. The lowest BCUT2D eigenvalue weighted by Crippen LogP contribution is -2.07. The monoisotopic (exact) mass is 241 g/mol. The van der Waals surface area contributed by atoms with E-state index in [0.717, 1.165) is 17.7 Å². The number of benzene rings is 2. The zero-order valence-electron chi connectivity index (χ0n) is 10.6. The second kappa shape index (κ2) is 4.13. The van der Waals surface area contributed by atoms with Crippen molar-refractivity contribution < 1.29 is 4.39 Å². The van der Waals surface area contributed by atoms with Gasteiger partial charge in [-0.3, -0.25) is 0 Å². The summed E-state index contributed by atoms with van der Waals surface area (Å²) in [6.45, 7) is 4.22. The third-order valence-electron chi connectivity index (χ3n) is 3.75. The summed E-state index contributed by atoms with van der Waals surface area (Å²) in [5.74, 6) is -0.128. The van der Waals surface area contributed by atoms with Crippen molar-refractivity contribution in [2.75, 3.05) is 5.32 Å². The van der Waals surface area contributed by atoms with Gasteiger partial charge in [0.15, 0.2) is 0 Å². The number of fused-ring (bicyclic) bond motifs is 1. The van der Waals surface area contributed by atoms with Crippen LogP contribution >= 0.6 is 0 Å². The van der Waals surface area contributed by atoms with E-state index in [9.17, 15) is 4.39 Å². The third kappa shape index (κ3) is 1.78. The summed E-state index contributed by atoms with van der Waals surface area (Å²) >= 11 is 0. The Balaban J connectivity index is 1.96. The topological polar surface area (TPSA) is 12.0 Å². The van der Waals surface area contributed by atoms with E-state index < -0.39 is 0 Å². The Hall–Kier alpha value is -1.83. The van der Waals surface area contributed by atoms with E-state index in [4.69, 9.17) is 0 Å². The fourth-order valence-corrected chi connectivity index (χ4v) is 2.58. The summed E-state index contributed by atoms with van der Waals surface area (Å²) in [6.07, 6.45) is 0.859. The zero-order valence-corrected chi connectivity index (χ0v) is 10.6. The molecular formula is C16H16FN. The van der Waals surface area contributed by atoms with E-state index in [1.54, 1.807) is 6.07 Å². The standard InChI is InChI=1S/C16H16FN/c1-10-7-12-9-16(18-15(12)8-11(10)2)13-5-3-4-6-14(13)17/h3-8,16,18H,9H2,1-2H3. The van der Waals surface area contributed by atoms with Gasteiger partial charge in [0.1, 0.15) is 5.82 Å². The van der Waals surface area contributed by atoms with Gasteiger partial charge in [-0.15, -0.1) is 0 Å². The van der Waals surface area contributed by atoms with Crippen LogP contribution in [0.1, 0.15) is 28.3 Å². The van der Waals surface area contributed by atoms with Crippen molar-refractivity contribution >= 4 is 5.69 Å². The minimum absolute atomic E-state index is 0.0578. The van der Waals surface area contributed by atoms with Crippen molar-refractivity contribution in [3.63, 3.8) is 0 Å². The second-order valence-electron chi connectivity index (χ2n) is 5.02. The zero-order chi connectivity index (χ0) is 12.7. The highest BCUT2D eigenvalue weighted by Gasteiger charge is 2.24. The van der Waals surface area contributed by atoms with E-state index in [1.807, 2.05) is 12.1 Å². The maximum Gasteiger partial charge on any atom is 0.128 e. The summed E-state index contributed by atoms with van der Waals surface area (Å²) in [7, 11) is 0. The molecule has 1 aliphatic rings. The average molecular weight is 241 g/mol. The van der Waals surface area contributed by atoms with Crippen LogP contribution in [0.3, 0.4) is 0 Å². The number of anilines is 1. The molecule has 1 aliphatic heterocycles. The Bertz CT molecular complexity index is 573. The molecule has 0 radical (unpaired) electrons. The van der Waals surface area contributed by atoms with Gasteiger partial charge in [-0.1, -0.05) is 24.3 Å². The molecule has 1 N–H and O–H groups in total. The quantitative estimate of drug-likeness (QED) is 0.790. The molecule has 1 unspecified atom stereocenters. The Morgan fingerprint density at radius 2 is 1.83 bits per heavy atom. The van der Waals surface area contributed by atoms with Crippen LogP contribution in [0, 0.1) is 19.7 Å². The first-order valence-electron chi connectivity index (χ1n) is 6.26. The Morgan fingerprint density at radius 1 is 1.11 bits per heavy atom. The van der Waals surface area contributed by atoms with Crippen molar-refractivity contribution in [1.82, 2.24) is 0 Å². The van der Waals surface area contributed by atoms with Crippen LogP contribution in [0.15, 0.2) is 36.4 Å². The van der Waals surface area contributed by atoms with Crippen molar-refractivity contribution in [3.8, 4) is 0 Å². The SMILES string of the molecule is Cc1cc2c(cc1C)NC(c1ccccc1F)C2. The van der Waals surface area contributed by atoms with Gasteiger partial charge in [0.25, 0.3) is 0 Å². The first-order valence-corrected chi connectivity index (χ1v) is 6.26. The van der Waals surface area contributed by atoms with E-state index in [2.05, 4.69) is 31.3 Å². The highest BCUT2D eigenvalue weighted by molar-refractivity contribution is 5.61. The molecule has 1 heterocycles. The van der Waals surface area contributed by atoms with E-state index in [-0.39, 0.29) is 11.9 Å². The highest BCUT2D eigenvalue weighted by Crippen LogP contribution is 2.36. The molecule has 0 amide bonds. The minimum Gasteiger partial charge on any atom is -0.378 e. The van der Waals surface area contributed by atoms with E-state index >= 15 is 0 Å². The second-order valence-corrected chi connectivity index (χ2v) is 5.02. The van der Waals surface area contributed by atoms with Crippen LogP contribution in [-0.4, -0.2) is 0 Å². The first-order chi connectivity index (χ1) is 8.65. The molecule has 0 saturated heterocycles. The summed E-state index contributed by atoms with van der Waals surface area (Å²) in [6, 6.07) is 11.4. The van der Waals surface area contributed by atoms with Crippen LogP contribution in [0.2, 0.25) is 0 Å². The number of aryl methyl sites for hydroxylation is 2. The number of halogens is 1.